The highest BCUT2D eigenvalue weighted by atomic mass is 79.9. The van der Waals surface area contributed by atoms with Crippen LogP contribution >= 0.6 is 15.9 Å². The number of carbonyl (C=O) groups is 1. The second-order valence-electron chi connectivity index (χ2n) is 5.93. The molecule has 3 nitrogen and oxygen atoms in total. The van der Waals surface area contributed by atoms with Crippen LogP contribution in [-0.2, 0) is 0 Å². The van der Waals surface area contributed by atoms with E-state index in [1.165, 1.54) is 11.1 Å². The normalized spacial score (nSPS) is 10.6. The maximum Gasteiger partial charge on any atom is 0.252 e. The summed E-state index contributed by atoms with van der Waals surface area (Å²) in [4.78, 5) is 12.7. The molecule has 3 aromatic rings. The summed E-state index contributed by atoms with van der Waals surface area (Å²) in [7, 11) is 1.59. The van der Waals surface area contributed by atoms with Gasteiger partial charge in [0, 0.05) is 16.9 Å². The summed E-state index contributed by atoms with van der Waals surface area (Å²) in [6.07, 6.45) is 0. The van der Waals surface area contributed by atoms with Crippen LogP contribution in [0.15, 0.2) is 83.3 Å². The summed E-state index contributed by atoms with van der Waals surface area (Å²) in [5, 5.41) is 3.06. The lowest BCUT2D eigenvalue weighted by Gasteiger charge is -2.19. The average Bonchev–Trinajstić information content (AvgIpc) is 2.70. The smallest absolute Gasteiger partial charge is 0.252 e. The van der Waals surface area contributed by atoms with E-state index in [-0.39, 0.29) is 11.8 Å². The molecule has 0 aromatic heterocycles. The third kappa shape index (κ3) is 4.33. The van der Waals surface area contributed by atoms with E-state index in [4.69, 9.17) is 4.74 Å². The van der Waals surface area contributed by atoms with Crippen molar-refractivity contribution in [2.75, 3.05) is 13.7 Å². The van der Waals surface area contributed by atoms with Crippen molar-refractivity contribution < 1.29 is 9.53 Å². The number of carbonyl (C=O) groups excluding carboxylic acids is 1. The summed E-state index contributed by atoms with van der Waals surface area (Å²) in [6.45, 7) is 0.510. The number of rotatable bonds is 6. The molecule has 132 valence electrons. The molecule has 0 bridgehead atoms. The van der Waals surface area contributed by atoms with Crippen molar-refractivity contribution in [2.45, 2.75) is 5.92 Å². The van der Waals surface area contributed by atoms with E-state index in [0.29, 0.717) is 17.9 Å². The number of methoxy groups -OCH3 is 1. The van der Waals surface area contributed by atoms with Gasteiger partial charge < -0.3 is 10.1 Å². The Balaban J connectivity index is 1.81. The second kappa shape index (κ2) is 8.68. The zero-order valence-corrected chi connectivity index (χ0v) is 16.1. The predicted octanol–water partition coefficient (Wildman–Crippen LogP) is 5.02. The Hall–Kier alpha value is -2.59. The fourth-order valence-electron chi connectivity index (χ4n) is 2.89. The van der Waals surface area contributed by atoms with E-state index in [1.54, 1.807) is 13.2 Å². The van der Waals surface area contributed by atoms with E-state index in [0.717, 1.165) is 4.47 Å². The molecule has 3 aromatic carbocycles. The number of benzene rings is 3. The summed E-state index contributed by atoms with van der Waals surface area (Å²) in [5.41, 5.74) is 2.90. The minimum absolute atomic E-state index is 0.0886. The Bertz CT molecular complexity index is 826. The lowest BCUT2D eigenvalue weighted by Crippen LogP contribution is -2.29. The first-order valence-corrected chi connectivity index (χ1v) is 9.20. The molecule has 0 radical (unpaired) electrons. The third-order valence-corrected chi connectivity index (χ3v) is 4.98. The van der Waals surface area contributed by atoms with Gasteiger partial charge in [0.15, 0.2) is 0 Å². The number of hydrogen-bond donors (Lipinski definition) is 1. The fraction of sp³-hybridized carbons (Fsp3) is 0.136. The molecule has 1 N–H and O–H groups in total. The van der Waals surface area contributed by atoms with Gasteiger partial charge in [0.2, 0.25) is 0 Å². The first-order valence-electron chi connectivity index (χ1n) is 8.40. The molecule has 0 aliphatic carbocycles. The molecule has 0 aliphatic heterocycles. The number of hydrogen-bond acceptors (Lipinski definition) is 2. The zero-order chi connectivity index (χ0) is 18.4. The quantitative estimate of drug-likeness (QED) is 0.620. The SMILES string of the molecule is COc1ccc(Br)c(C(=O)NCC(c2ccccc2)c2ccccc2)c1. The largest absolute Gasteiger partial charge is 0.497 e. The van der Waals surface area contributed by atoms with Gasteiger partial charge in [-0.05, 0) is 45.3 Å². The lowest BCUT2D eigenvalue weighted by molar-refractivity contribution is 0.0951. The van der Waals surface area contributed by atoms with Crippen LogP contribution in [0.2, 0.25) is 0 Å². The van der Waals surface area contributed by atoms with Crippen LogP contribution in [0.1, 0.15) is 27.4 Å². The highest BCUT2D eigenvalue weighted by Crippen LogP contribution is 2.25. The Morgan fingerprint density at radius 2 is 1.54 bits per heavy atom. The number of ether oxygens (including phenoxy) is 1. The molecule has 26 heavy (non-hydrogen) atoms. The van der Waals surface area contributed by atoms with Crippen LogP contribution in [0.25, 0.3) is 0 Å². The molecule has 0 heterocycles. The highest BCUT2D eigenvalue weighted by molar-refractivity contribution is 9.10. The van der Waals surface area contributed by atoms with Gasteiger partial charge in [0.05, 0.1) is 12.7 Å². The van der Waals surface area contributed by atoms with Crippen molar-refractivity contribution in [1.82, 2.24) is 5.32 Å². The molecule has 0 saturated carbocycles. The number of nitrogens with one attached hydrogen (secondary N) is 1. The number of amides is 1. The van der Waals surface area contributed by atoms with E-state index in [9.17, 15) is 4.79 Å². The van der Waals surface area contributed by atoms with Crippen LogP contribution in [0.4, 0.5) is 0 Å². The first kappa shape index (κ1) is 18.2. The molecule has 4 heteroatoms. The van der Waals surface area contributed by atoms with Gasteiger partial charge in [-0.3, -0.25) is 4.79 Å². The van der Waals surface area contributed by atoms with Gasteiger partial charge in [0.1, 0.15) is 5.75 Å². The minimum atomic E-state index is -0.132. The van der Waals surface area contributed by atoms with Crippen LogP contribution in [0, 0.1) is 0 Å². The van der Waals surface area contributed by atoms with Crippen LogP contribution in [0.3, 0.4) is 0 Å². The van der Waals surface area contributed by atoms with Crippen LogP contribution in [0.5, 0.6) is 5.75 Å². The van der Waals surface area contributed by atoms with Crippen molar-refractivity contribution in [3.63, 3.8) is 0 Å². The zero-order valence-electron chi connectivity index (χ0n) is 14.5. The van der Waals surface area contributed by atoms with Gasteiger partial charge in [-0.1, -0.05) is 60.7 Å². The maximum atomic E-state index is 12.7. The molecule has 0 atom stereocenters. The standard InChI is InChI=1S/C22H20BrNO2/c1-26-18-12-13-21(23)19(14-18)22(25)24-15-20(16-8-4-2-5-9-16)17-10-6-3-7-11-17/h2-14,20H,15H2,1H3,(H,24,25). The molecule has 0 aliphatic rings. The molecule has 3 rings (SSSR count). The van der Waals surface area contributed by atoms with E-state index < -0.39 is 0 Å². The Morgan fingerprint density at radius 3 is 2.08 bits per heavy atom. The fourth-order valence-corrected chi connectivity index (χ4v) is 3.32. The lowest BCUT2D eigenvalue weighted by atomic mass is 9.91. The molecule has 0 saturated heterocycles. The molecule has 0 unspecified atom stereocenters. The van der Waals surface area contributed by atoms with E-state index in [2.05, 4.69) is 45.5 Å². The molecular formula is C22H20BrNO2. The van der Waals surface area contributed by atoms with Crippen molar-refractivity contribution in [3.8, 4) is 5.75 Å². The van der Waals surface area contributed by atoms with Crippen molar-refractivity contribution in [3.05, 3.63) is 100 Å². The monoisotopic (exact) mass is 409 g/mol. The predicted molar refractivity (Wildman–Crippen MR) is 108 cm³/mol. The first-order chi connectivity index (χ1) is 12.7. The van der Waals surface area contributed by atoms with Crippen molar-refractivity contribution in [2.24, 2.45) is 0 Å². The molecular weight excluding hydrogens is 390 g/mol. The van der Waals surface area contributed by atoms with Crippen LogP contribution < -0.4 is 10.1 Å². The average molecular weight is 410 g/mol. The summed E-state index contributed by atoms with van der Waals surface area (Å²) >= 11 is 3.44. The third-order valence-electron chi connectivity index (χ3n) is 4.29. The Kier molecular flexibility index (Phi) is 6.08. The summed E-state index contributed by atoms with van der Waals surface area (Å²) < 4.78 is 5.97. The minimum Gasteiger partial charge on any atom is -0.497 e. The van der Waals surface area contributed by atoms with Crippen molar-refractivity contribution >= 4 is 21.8 Å². The number of halogens is 1. The van der Waals surface area contributed by atoms with Gasteiger partial charge in [-0.25, -0.2) is 0 Å². The highest BCUT2D eigenvalue weighted by Gasteiger charge is 2.17. The van der Waals surface area contributed by atoms with Gasteiger partial charge in [0.25, 0.3) is 5.91 Å². The molecule has 0 spiro atoms. The van der Waals surface area contributed by atoms with E-state index in [1.807, 2.05) is 48.5 Å². The van der Waals surface area contributed by atoms with Gasteiger partial charge in [-0.2, -0.15) is 0 Å². The van der Waals surface area contributed by atoms with Gasteiger partial charge >= 0.3 is 0 Å². The Labute approximate surface area is 162 Å². The van der Waals surface area contributed by atoms with Crippen molar-refractivity contribution in [1.29, 1.82) is 0 Å². The molecule has 0 fully saturated rings. The Morgan fingerprint density at radius 1 is 0.962 bits per heavy atom. The summed E-state index contributed by atoms with van der Waals surface area (Å²) in [6, 6.07) is 25.8. The second-order valence-corrected chi connectivity index (χ2v) is 6.78. The summed E-state index contributed by atoms with van der Waals surface area (Å²) in [5.74, 6) is 0.611. The van der Waals surface area contributed by atoms with Gasteiger partial charge in [-0.15, -0.1) is 0 Å². The van der Waals surface area contributed by atoms with Crippen LogP contribution in [-0.4, -0.2) is 19.6 Å². The molecule has 1 amide bonds. The topological polar surface area (TPSA) is 38.3 Å². The maximum absolute atomic E-state index is 12.7. The van der Waals surface area contributed by atoms with E-state index >= 15 is 0 Å².